The number of methoxy groups -OCH3 is 2. The van der Waals surface area contributed by atoms with Gasteiger partial charge >= 0.3 is 0 Å². The molecule has 2 aromatic rings. The van der Waals surface area contributed by atoms with Crippen molar-refractivity contribution in [3.63, 3.8) is 0 Å². The molecule has 0 N–H and O–H groups in total. The van der Waals surface area contributed by atoms with E-state index in [9.17, 15) is 0 Å². The first-order valence-electron chi connectivity index (χ1n) is 6.67. The van der Waals surface area contributed by atoms with Crippen molar-refractivity contribution in [1.82, 2.24) is 0 Å². The molecule has 106 valence electrons. The lowest BCUT2D eigenvalue weighted by Crippen LogP contribution is -1.99. The van der Waals surface area contributed by atoms with Crippen LogP contribution < -0.4 is 9.47 Å². The van der Waals surface area contributed by atoms with Gasteiger partial charge in [0.05, 0.1) is 14.2 Å². The molecule has 0 aliphatic carbocycles. The standard InChI is InChI=1S/C17H19BrO2/c1-19-16-11-10-14(13-7-4-3-5-8-13)15(9-6-12-18)17(16)20-2/h3-5,7-8,10-11H,6,9,12H2,1-2H3. The van der Waals surface area contributed by atoms with Crippen molar-refractivity contribution >= 4 is 15.9 Å². The summed E-state index contributed by atoms with van der Waals surface area (Å²) in [5.41, 5.74) is 3.62. The smallest absolute Gasteiger partial charge is 0.164 e. The van der Waals surface area contributed by atoms with Gasteiger partial charge in [0.2, 0.25) is 0 Å². The Kier molecular flexibility index (Phi) is 5.48. The largest absolute Gasteiger partial charge is 0.493 e. The Bertz CT molecular complexity index is 552. The molecule has 0 atom stereocenters. The fraction of sp³-hybridized carbons (Fsp3) is 0.294. The topological polar surface area (TPSA) is 18.5 Å². The highest BCUT2D eigenvalue weighted by Crippen LogP contribution is 2.38. The van der Waals surface area contributed by atoms with Crippen LogP contribution in [-0.4, -0.2) is 19.5 Å². The quantitative estimate of drug-likeness (QED) is 0.713. The third-order valence-corrected chi connectivity index (χ3v) is 3.85. The van der Waals surface area contributed by atoms with Gasteiger partial charge < -0.3 is 9.47 Å². The van der Waals surface area contributed by atoms with Gasteiger partial charge in [-0.15, -0.1) is 0 Å². The first-order chi connectivity index (χ1) is 9.81. The highest BCUT2D eigenvalue weighted by molar-refractivity contribution is 9.09. The van der Waals surface area contributed by atoms with Gasteiger partial charge in [0, 0.05) is 10.9 Å². The lowest BCUT2D eigenvalue weighted by atomic mass is 9.95. The van der Waals surface area contributed by atoms with Crippen molar-refractivity contribution in [2.45, 2.75) is 12.8 Å². The summed E-state index contributed by atoms with van der Waals surface area (Å²) in [6, 6.07) is 14.5. The molecule has 0 unspecified atom stereocenters. The average molecular weight is 335 g/mol. The van der Waals surface area contributed by atoms with Crippen LogP contribution in [0.5, 0.6) is 11.5 Å². The maximum Gasteiger partial charge on any atom is 0.164 e. The SMILES string of the molecule is COc1ccc(-c2ccccc2)c(CCCBr)c1OC. The van der Waals surface area contributed by atoms with Crippen molar-refractivity contribution in [3.05, 3.63) is 48.0 Å². The first-order valence-corrected chi connectivity index (χ1v) is 7.79. The van der Waals surface area contributed by atoms with Crippen LogP contribution in [0.2, 0.25) is 0 Å². The van der Waals surface area contributed by atoms with E-state index >= 15 is 0 Å². The second-order valence-corrected chi connectivity index (χ2v) is 5.28. The van der Waals surface area contributed by atoms with Crippen LogP contribution in [0.4, 0.5) is 0 Å². The molecule has 20 heavy (non-hydrogen) atoms. The van der Waals surface area contributed by atoms with Gasteiger partial charge in [0.1, 0.15) is 0 Å². The van der Waals surface area contributed by atoms with Crippen LogP contribution in [0.25, 0.3) is 11.1 Å². The summed E-state index contributed by atoms with van der Waals surface area (Å²) in [4.78, 5) is 0. The van der Waals surface area contributed by atoms with Gasteiger partial charge in [0.15, 0.2) is 11.5 Å². The summed E-state index contributed by atoms with van der Waals surface area (Å²) in [5, 5.41) is 0.974. The Labute approximate surface area is 128 Å². The summed E-state index contributed by atoms with van der Waals surface area (Å²) in [5.74, 6) is 1.63. The highest BCUT2D eigenvalue weighted by Gasteiger charge is 2.15. The monoisotopic (exact) mass is 334 g/mol. The van der Waals surface area contributed by atoms with E-state index in [0.29, 0.717) is 0 Å². The molecule has 0 heterocycles. The summed E-state index contributed by atoms with van der Waals surface area (Å²) in [6.07, 6.45) is 2.01. The molecule has 2 aromatic carbocycles. The minimum absolute atomic E-state index is 0.789. The number of ether oxygens (including phenoxy) is 2. The fourth-order valence-electron chi connectivity index (χ4n) is 2.37. The first kappa shape index (κ1) is 14.9. The molecule has 0 amide bonds. The van der Waals surface area contributed by atoms with Crippen LogP contribution >= 0.6 is 15.9 Å². The Morgan fingerprint density at radius 3 is 2.30 bits per heavy atom. The van der Waals surface area contributed by atoms with E-state index in [1.807, 2.05) is 12.1 Å². The lowest BCUT2D eigenvalue weighted by molar-refractivity contribution is 0.352. The Hall–Kier alpha value is -1.48. The minimum atomic E-state index is 0.789. The number of alkyl halides is 1. The van der Waals surface area contributed by atoms with Gasteiger partial charge in [-0.1, -0.05) is 52.3 Å². The highest BCUT2D eigenvalue weighted by atomic mass is 79.9. The predicted molar refractivity (Wildman–Crippen MR) is 87.1 cm³/mol. The van der Waals surface area contributed by atoms with E-state index in [4.69, 9.17) is 9.47 Å². The maximum absolute atomic E-state index is 5.59. The third-order valence-electron chi connectivity index (χ3n) is 3.29. The van der Waals surface area contributed by atoms with Crippen molar-refractivity contribution < 1.29 is 9.47 Å². The molecule has 0 aliphatic rings. The van der Waals surface area contributed by atoms with Gasteiger partial charge in [-0.05, 0) is 30.0 Å². The maximum atomic E-state index is 5.59. The summed E-state index contributed by atoms with van der Waals surface area (Å²) >= 11 is 3.50. The summed E-state index contributed by atoms with van der Waals surface area (Å²) in [6.45, 7) is 0. The molecule has 0 spiro atoms. The summed E-state index contributed by atoms with van der Waals surface area (Å²) < 4.78 is 11.0. The molecule has 0 aromatic heterocycles. The van der Waals surface area contributed by atoms with Crippen LogP contribution in [0, 0.1) is 0 Å². The second kappa shape index (κ2) is 7.34. The number of rotatable bonds is 6. The Morgan fingerprint density at radius 1 is 0.950 bits per heavy atom. The number of hydrogen-bond donors (Lipinski definition) is 0. The fourth-order valence-corrected chi connectivity index (χ4v) is 2.65. The van der Waals surface area contributed by atoms with E-state index in [-0.39, 0.29) is 0 Å². The van der Waals surface area contributed by atoms with Crippen molar-refractivity contribution in [1.29, 1.82) is 0 Å². The molecule has 0 saturated heterocycles. The van der Waals surface area contributed by atoms with Crippen molar-refractivity contribution in [2.75, 3.05) is 19.5 Å². The number of hydrogen-bond acceptors (Lipinski definition) is 2. The minimum Gasteiger partial charge on any atom is -0.493 e. The molecular weight excluding hydrogens is 316 g/mol. The predicted octanol–water partition coefficient (Wildman–Crippen LogP) is 4.70. The van der Waals surface area contributed by atoms with E-state index < -0.39 is 0 Å². The van der Waals surface area contributed by atoms with Crippen LogP contribution in [0.3, 0.4) is 0 Å². The second-order valence-electron chi connectivity index (χ2n) is 4.49. The number of halogens is 1. The molecule has 0 fully saturated rings. The van der Waals surface area contributed by atoms with E-state index in [1.165, 1.54) is 16.7 Å². The molecular formula is C17H19BrO2. The van der Waals surface area contributed by atoms with Gasteiger partial charge in [-0.3, -0.25) is 0 Å². The molecule has 3 heteroatoms. The van der Waals surface area contributed by atoms with E-state index in [1.54, 1.807) is 14.2 Å². The Balaban J connectivity index is 2.55. The molecule has 0 saturated carbocycles. The normalized spacial score (nSPS) is 10.3. The van der Waals surface area contributed by atoms with E-state index in [2.05, 4.69) is 46.3 Å². The number of benzene rings is 2. The molecule has 2 rings (SSSR count). The van der Waals surface area contributed by atoms with E-state index in [0.717, 1.165) is 29.7 Å². The molecule has 0 aliphatic heterocycles. The summed E-state index contributed by atoms with van der Waals surface area (Å²) in [7, 11) is 3.37. The van der Waals surface area contributed by atoms with Crippen molar-refractivity contribution in [2.24, 2.45) is 0 Å². The van der Waals surface area contributed by atoms with Crippen LogP contribution in [-0.2, 0) is 6.42 Å². The molecule has 0 bridgehead atoms. The van der Waals surface area contributed by atoms with Gasteiger partial charge in [-0.2, -0.15) is 0 Å². The average Bonchev–Trinajstić information content (AvgIpc) is 2.52. The van der Waals surface area contributed by atoms with Crippen LogP contribution in [0.1, 0.15) is 12.0 Å². The zero-order valence-electron chi connectivity index (χ0n) is 11.9. The van der Waals surface area contributed by atoms with Gasteiger partial charge in [0.25, 0.3) is 0 Å². The molecule has 0 radical (unpaired) electrons. The molecule has 2 nitrogen and oxygen atoms in total. The zero-order chi connectivity index (χ0) is 14.4. The van der Waals surface area contributed by atoms with Crippen molar-refractivity contribution in [3.8, 4) is 22.6 Å². The van der Waals surface area contributed by atoms with Gasteiger partial charge in [-0.25, -0.2) is 0 Å². The lowest BCUT2D eigenvalue weighted by Gasteiger charge is -2.17. The Morgan fingerprint density at radius 2 is 1.70 bits per heavy atom. The van der Waals surface area contributed by atoms with Crippen LogP contribution in [0.15, 0.2) is 42.5 Å². The zero-order valence-corrected chi connectivity index (χ0v) is 13.4. The third kappa shape index (κ3) is 3.15.